The predicted molar refractivity (Wildman–Crippen MR) is 79.0 cm³/mol. The van der Waals surface area contributed by atoms with Gasteiger partial charge in [0, 0.05) is 19.1 Å². The number of likely N-dealkylation sites (N-methyl/N-ethyl adjacent to an activating group) is 2. The highest BCUT2D eigenvalue weighted by Crippen LogP contribution is 2.17. The minimum absolute atomic E-state index is 0.235. The van der Waals surface area contributed by atoms with Crippen LogP contribution in [-0.4, -0.2) is 67.6 Å². The van der Waals surface area contributed by atoms with Crippen LogP contribution in [0.25, 0.3) is 0 Å². The van der Waals surface area contributed by atoms with Crippen molar-refractivity contribution in [3.63, 3.8) is 0 Å². The Morgan fingerprint density at radius 1 is 1.53 bits per heavy atom. The third-order valence-corrected chi connectivity index (χ3v) is 3.91. The zero-order valence-electron chi connectivity index (χ0n) is 12.7. The van der Waals surface area contributed by atoms with Crippen LogP contribution in [-0.2, 0) is 4.79 Å². The van der Waals surface area contributed by atoms with Crippen molar-refractivity contribution in [1.82, 2.24) is 15.1 Å². The lowest BCUT2D eigenvalue weighted by atomic mass is 10.2. The van der Waals surface area contributed by atoms with Crippen molar-refractivity contribution >= 4 is 5.91 Å². The van der Waals surface area contributed by atoms with Crippen molar-refractivity contribution in [1.29, 1.82) is 0 Å². The van der Waals surface area contributed by atoms with Gasteiger partial charge in [-0.25, -0.2) is 0 Å². The topological polar surface area (TPSA) is 61.6 Å². The fourth-order valence-electron chi connectivity index (χ4n) is 2.84. The Hall–Kier alpha value is -0.650. The molecule has 0 aromatic carbocycles. The summed E-state index contributed by atoms with van der Waals surface area (Å²) in [5, 5.41) is 3.22. The van der Waals surface area contributed by atoms with Crippen molar-refractivity contribution in [2.24, 2.45) is 5.73 Å². The van der Waals surface area contributed by atoms with E-state index in [1.165, 1.54) is 19.4 Å². The van der Waals surface area contributed by atoms with E-state index in [9.17, 15) is 4.79 Å². The first kappa shape index (κ1) is 16.4. The first-order valence-corrected chi connectivity index (χ1v) is 7.53. The van der Waals surface area contributed by atoms with Crippen LogP contribution in [0.1, 0.15) is 33.1 Å². The molecule has 1 aliphatic heterocycles. The maximum atomic E-state index is 11.4. The summed E-state index contributed by atoms with van der Waals surface area (Å²) in [6.45, 7) is 9.19. The smallest absolute Gasteiger partial charge is 0.235 e. The van der Waals surface area contributed by atoms with E-state index in [1.54, 1.807) is 0 Å². The van der Waals surface area contributed by atoms with E-state index in [2.05, 4.69) is 36.0 Å². The predicted octanol–water partition coefficient (Wildman–Crippen LogP) is 0.256. The third-order valence-electron chi connectivity index (χ3n) is 3.91. The lowest BCUT2D eigenvalue weighted by Crippen LogP contribution is -2.50. The average molecular weight is 270 g/mol. The normalized spacial score (nSPS) is 22.0. The second kappa shape index (κ2) is 8.51. The number of hydrogen-bond acceptors (Lipinski definition) is 4. The Morgan fingerprint density at radius 2 is 2.26 bits per heavy atom. The number of carbonyl (C=O) groups is 1. The van der Waals surface area contributed by atoms with E-state index in [0.717, 1.165) is 26.1 Å². The van der Waals surface area contributed by atoms with Gasteiger partial charge in [-0.3, -0.25) is 9.69 Å². The highest BCUT2D eigenvalue weighted by atomic mass is 16.1. The van der Waals surface area contributed by atoms with Gasteiger partial charge in [0.2, 0.25) is 5.91 Å². The fourth-order valence-corrected chi connectivity index (χ4v) is 2.84. The van der Waals surface area contributed by atoms with Crippen molar-refractivity contribution in [3.8, 4) is 0 Å². The summed E-state index contributed by atoms with van der Waals surface area (Å²) < 4.78 is 0. The van der Waals surface area contributed by atoms with E-state index in [-0.39, 0.29) is 11.9 Å². The van der Waals surface area contributed by atoms with E-state index in [0.29, 0.717) is 12.6 Å². The van der Waals surface area contributed by atoms with Gasteiger partial charge in [0.1, 0.15) is 0 Å². The summed E-state index contributed by atoms with van der Waals surface area (Å²) in [5.41, 5.74) is 5.45. The molecular formula is C14H30N4O. The Kier molecular flexibility index (Phi) is 7.34. The Morgan fingerprint density at radius 3 is 2.84 bits per heavy atom. The van der Waals surface area contributed by atoms with Crippen LogP contribution >= 0.6 is 0 Å². The van der Waals surface area contributed by atoms with Crippen LogP contribution in [0.15, 0.2) is 0 Å². The van der Waals surface area contributed by atoms with Crippen LogP contribution in [0, 0.1) is 0 Å². The van der Waals surface area contributed by atoms with Gasteiger partial charge in [0.15, 0.2) is 0 Å². The number of rotatable bonds is 9. The molecule has 112 valence electrons. The molecule has 1 saturated heterocycles. The minimum Gasteiger partial charge on any atom is -0.368 e. The van der Waals surface area contributed by atoms with Crippen LogP contribution in [0.2, 0.25) is 0 Å². The molecule has 0 aromatic rings. The highest BCUT2D eigenvalue weighted by Gasteiger charge is 2.25. The molecule has 3 N–H and O–H groups in total. The number of primary amides is 1. The summed E-state index contributed by atoms with van der Waals surface area (Å²) in [5.74, 6) is -0.251. The zero-order valence-corrected chi connectivity index (χ0v) is 12.7. The van der Waals surface area contributed by atoms with Crippen LogP contribution in [0.3, 0.4) is 0 Å². The van der Waals surface area contributed by atoms with Crippen molar-refractivity contribution in [2.75, 3.05) is 39.8 Å². The monoisotopic (exact) mass is 270 g/mol. The molecule has 0 saturated carbocycles. The molecule has 5 nitrogen and oxygen atoms in total. The molecule has 1 amide bonds. The third kappa shape index (κ3) is 5.47. The largest absolute Gasteiger partial charge is 0.368 e. The summed E-state index contributed by atoms with van der Waals surface area (Å²) in [6.07, 6.45) is 3.57. The molecular weight excluding hydrogens is 240 g/mol. The molecule has 1 rings (SSSR count). The summed E-state index contributed by atoms with van der Waals surface area (Å²) >= 11 is 0. The number of nitrogens with one attached hydrogen (secondary N) is 1. The lowest BCUT2D eigenvalue weighted by Gasteiger charge is -2.29. The van der Waals surface area contributed by atoms with E-state index in [1.807, 2.05) is 0 Å². The molecule has 0 aliphatic carbocycles. The van der Waals surface area contributed by atoms with Gasteiger partial charge in [0.25, 0.3) is 0 Å². The molecule has 1 aliphatic rings. The lowest BCUT2D eigenvalue weighted by molar-refractivity contribution is -0.120. The fraction of sp³-hybridized carbons (Fsp3) is 0.929. The first-order chi connectivity index (χ1) is 9.08. The van der Waals surface area contributed by atoms with Gasteiger partial charge in [0.05, 0.1) is 6.04 Å². The Balaban J connectivity index is 2.39. The van der Waals surface area contributed by atoms with Gasteiger partial charge in [-0.05, 0) is 45.9 Å². The standard InChI is InChI=1S/C14H30N4O/c1-4-8-16-13(14(15)19)11-17(3)10-12-7-6-9-18(12)5-2/h12-13,16H,4-11H2,1-3H3,(H2,15,19). The molecule has 19 heavy (non-hydrogen) atoms. The molecule has 2 atom stereocenters. The van der Waals surface area contributed by atoms with Crippen LogP contribution < -0.4 is 11.1 Å². The number of nitrogens with zero attached hydrogens (tertiary/aromatic N) is 2. The Labute approximate surface area is 117 Å². The highest BCUT2D eigenvalue weighted by molar-refractivity contribution is 5.80. The molecule has 0 spiro atoms. The number of amides is 1. The molecule has 0 radical (unpaired) electrons. The molecule has 1 heterocycles. The zero-order chi connectivity index (χ0) is 14.3. The van der Waals surface area contributed by atoms with Gasteiger partial charge in [-0.15, -0.1) is 0 Å². The summed E-state index contributed by atoms with van der Waals surface area (Å²) in [6, 6.07) is 0.399. The SMILES string of the molecule is CCCNC(CN(C)CC1CCCN1CC)C(N)=O. The van der Waals surface area contributed by atoms with Crippen LogP contribution in [0.4, 0.5) is 0 Å². The van der Waals surface area contributed by atoms with Crippen molar-refractivity contribution < 1.29 is 4.79 Å². The van der Waals surface area contributed by atoms with E-state index < -0.39 is 0 Å². The molecule has 5 heteroatoms. The molecule has 1 fully saturated rings. The quantitative estimate of drug-likeness (QED) is 0.631. The second-order valence-electron chi connectivity index (χ2n) is 5.55. The van der Waals surface area contributed by atoms with Gasteiger partial charge in [-0.2, -0.15) is 0 Å². The molecule has 0 bridgehead atoms. The van der Waals surface area contributed by atoms with Crippen molar-refractivity contribution in [2.45, 2.75) is 45.2 Å². The van der Waals surface area contributed by atoms with Gasteiger partial charge < -0.3 is 16.0 Å². The minimum atomic E-state index is -0.251. The van der Waals surface area contributed by atoms with Gasteiger partial charge in [-0.1, -0.05) is 13.8 Å². The maximum absolute atomic E-state index is 11.4. The summed E-state index contributed by atoms with van der Waals surface area (Å²) in [4.78, 5) is 16.2. The number of nitrogens with two attached hydrogens (primary N) is 1. The number of likely N-dealkylation sites (tertiary alicyclic amines) is 1. The number of hydrogen-bond donors (Lipinski definition) is 2. The second-order valence-corrected chi connectivity index (χ2v) is 5.55. The Bertz CT molecular complexity index is 272. The molecule has 0 aromatic heterocycles. The van der Waals surface area contributed by atoms with E-state index >= 15 is 0 Å². The average Bonchev–Trinajstić information content (AvgIpc) is 2.81. The van der Waals surface area contributed by atoms with E-state index in [4.69, 9.17) is 5.73 Å². The van der Waals surface area contributed by atoms with Crippen molar-refractivity contribution in [3.05, 3.63) is 0 Å². The maximum Gasteiger partial charge on any atom is 0.235 e. The molecule has 2 unspecified atom stereocenters. The first-order valence-electron chi connectivity index (χ1n) is 7.53. The summed E-state index contributed by atoms with van der Waals surface area (Å²) in [7, 11) is 2.08. The van der Waals surface area contributed by atoms with Gasteiger partial charge >= 0.3 is 0 Å². The number of carbonyl (C=O) groups excluding carboxylic acids is 1. The van der Waals surface area contributed by atoms with Crippen LogP contribution in [0.5, 0.6) is 0 Å².